The molecule has 1 saturated carbocycles. The Labute approximate surface area is 295 Å². The summed E-state index contributed by atoms with van der Waals surface area (Å²) in [6.45, 7) is 5.51. The molecule has 260 valence electrons. The van der Waals surface area contributed by atoms with Crippen LogP contribution in [0.15, 0.2) is 96.0 Å². The van der Waals surface area contributed by atoms with Crippen molar-refractivity contribution in [2.45, 2.75) is 69.0 Å². The van der Waals surface area contributed by atoms with E-state index in [0.717, 1.165) is 42.5 Å². The van der Waals surface area contributed by atoms with E-state index in [0.29, 0.717) is 23.0 Å². The fraction of sp³-hybridized carbons (Fsp3) is 0.270. The molecule has 0 bridgehead atoms. The largest absolute Gasteiger partial charge is 0.454 e. The molecule has 1 aromatic heterocycles. The van der Waals surface area contributed by atoms with Crippen molar-refractivity contribution in [1.82, 2.24) is 15.3 Å². The first-order valence-electron chi connectivity index (χ1n) is 16.2. The summed E-state index contributed by atoms with van der Waals surface area (Å²) in [4.78, 5) is 21.1. The lowest BCUT2D eigenvalue weighted by molar-refractivity contribution is 0.0492. The smallest absolute Gasteiger partial charge is 0.407 e. The van der Waals surface area contributed by atoms with Crippen molar-refractivity contribution >= 4 is 50.1 Å². The number of carbonyl (C=O) groups is 1. The number of benzene rings is 4. The van der Waals surface area contributed by atoms with Gasteiger partial charge in [0.1, 0.15) is 11.4 Å². The van der Waals surface area contributed by atoms with Gasteiger partial charge in [0.15, 0.2) is 11.6 Å². The minimum atomic E-state index is -4.14. The number of nitrogens with zero attached hydrogens (tertiary/aromatic N) is 2. The van der Waals surface area contributed by atoms with Gasteiger partial charge in [0.05, 0.1) is 21.3 Å². The molecule has 0 saturated heterocycles. The minimum Gasteiger partial charge on any atom is -0.454 e. The molecule has 0 unspecified atom stereocenters. The van der Waals surface area contributed by atoms with Crippen LogP contribution in [-0.4, -0.2) is 42.2 Å². The van der Waals surface area contributed by atoms with Crippen LogP contribution in [0.5, 0.6) is 11.5 Å². The summed E-state index contributed by atoms with van der Waals surface area (Å²) in [5.41, 5.74) is 0.763. The predicted octanol–water partition coefficient (Wildman–Crippen LogP) is 8.93. The van der Waals surface area contributed by atoms with Crippen molar-refractivity contribution < 1.29 is 27.1 Å². The highest BCUT2D eigenvalue weighted by atomic mass is 35.5. The standard InChI is InChI=1S/C37H37ClFN5O5S/c1-37(2,3)49-36(45)42-26-14-12-25(13-15-26)41-35-40-19-18-31(43-35)28-20-23-8-4-5-9-24(23)21-34(28)48-33-17-16-27(22-30(33)39)50(46,47)44-32-11-7-6-10-29(32)38/h4-11,16-22,25-26,44H,12-15H2,1-3H3,(H,42,45)(H,40,41,43). The number of para-hydroxylation sites is 1. The Kier molecular flexibility index (Phi) is 10.1. The number of rotatable bonds is 9. The van der Waals surface area contributed by atoms with Crippen molar-refractivity contribution in [1.29, 1.82) is 0 Å². The number of hydrogen-bond acceptors (Lipinski definition) is 8. The molecule has 0 atom stereocenters. The molecular weight excluding hydrogens is 681 g/mol. The van der Waals surface area contributed by atoms with Gasteiger partial charge >= 0.3 is 6.09 Å². The maximum atomic E-state index is 15.5. The van der Waals surface area contributed by atoms with Gasteiger partial charge < -0.3 is 20.1 Å². The molecule has 0 spiro atoms. The average molecular weight is 718 g/mol. The molecule has 3 N–H and O–H groups in total. The van der Waals surface area contributed by atoms with Crippen LogP contribution in [0, 0.1) is 5.82 Å². The van der Waals surface area contributed by atoms with Gasteiger partial charge in [0, 0.05) is 23.8 Å². The lowest BCUT2D eigenvalue weighted by Crippen LogP contribution is -2.42. The molecule has 10 nitrogen and oxygen atoms in total. The van der Waals surface area contributed by atoms with E-state index >= 15 is 4.39 Å². The van der Waals surface area contributed by atoms with E-state index < -0.39 is 27.5 Å². The first-order chi connectivity index (χ1) is 23.8. The van der Waals surface area contributed by atoms with Gasteiger partial charge in [-0.25, -0.2) is 27.6 Å². The van der Waals surface area contributed by atoms with Crippen molar-refractivity contribution in [2.24, 2.45) is 0 Å². The van der Waals surface area contributed by atoms with Crippen LogP contribution in [0.25, 0.3) is 22.0 Å². The zero-order chi connectivity index (χ0) is 35.5. The predicted molar refractivity (Wildman–Crippen MR) is 193 cm³/mol. The second kappa shape index (κ2) is 14.5. The summed E-state index contributed by atoms with van der Waals surface area (Å²) >= 11 is 6.12. The Morgan fingerprint density at radius 3 is 2.26 bits per heavy atom. The van der Waals surface area contributed by atoms with Gasteiger partial charge in [-0.2, -0.15) is 0 Å². The van der Waals surface area contributed by atoms with Crippen molar-refractivity contribution in [3.8, 4) is 22.8 Å². The maximum Gasteiger partial charge on any atom is 0.407 e. The normalized spacial score (nSPS) is 16.4. The van der Waals surface area contributed by atoms with Crippen LogP contribution in [0.2, 0.25) is 5.02 Å². The van der Waals surface area contributed by atoms with E-state index in [1.807, 2.05) is 51.1 Å². The lowest BCUT2D eigenvalue weighted by atomic mass is 9.91. The van der Waals surface area contributed by atoms with E-state index in [1.165, 1.54) is 18.2 Å². The third kappa shape index (κ3) is 8.61. The Morgan fingerprint density at radius 1 is 0.880 bits per heavy atom. The molecule has 50 heavy (non-hydrogen) atoms. The fourth-order valence-electron chi connectivity index (χ4n) is 5.72. The maximum absolute atomic E-state index is 15.5. The minimum absolute atomic E-state index is 0.0284. The molecule has 5 aromatic rings. The number of carbonyl (C=O) groups excluding carboxylic acids is 1. The van der Waals surface area contributed by atoms with Crippen LogP contribution in [0.3, 0.4) is 0 Å². The first-order valence-corrected chi connectivity index (χ1v) is 18.1. The highest BCUT2D eigenvalue weighted by Gasteiger charge is 2.26. The van der Waals surface area contributed by atoms with Crippen LogP contribution in [0.4, 0.5) is 20.8 Å². The van der Waals surface area contributed by atoms with Crippen LogP contribution >= 0.6 is 11.6 Å². The summed E-state index contributed by atoms with van der Waals surface area (Å²) in [6.07, 6.45) is 4.40. The fourth-order valence-corrected chi connectivity index (χ4v) is 7.05. The Balaban J connectivity index is 1.20. The molecule has 13 heteroatoms. The number of nitrogens with one attached hydrogen (secondary N) is 3. The number of amides is 1. The van der Waals surface area contributed by atoms with Gasteiger partial charge in [0.2, 0.25) is 5.95 Å². The Morgan fingerprint density at radius 2 is 1.56 bits per heavy atom. The second-order valence-corrected chi connectivity index (χ2v) is 15.2. The van der Waals surface area contributed by atoms with Gasteiger partial charge in [-0.3, -0.25) is 4.72 Å². The van der Waals surface area contributed by atoms with Crippen molar-refractivity contribution in [2.75, 3.05) is 10.0 Å². The topological polar surface area (TPSA) is 132 Å². The monoisotopic (exact) mass is 717 g/mol. The van der Waals surface area contributed by atoms with Crippen LogP contribution < -0.4 is 20.1 Å². The molecule has 1 amide bonds. The van der Waals surface area contributed by atoms with Gasteiger partial charge in [-0.1, -0.05) is 48.0 Å². The third-order valence-electron chi connectivity index (χ3n) is 8.11. The molecule has 1 fully saturated rings. The summed E-state index contributed by atoms with van der Waals surface area (Å²) in [5, 5.41) is 8.37. The number of sulfonamides is 1. The number of ether oxygens (including phenoxy) is 2. The number of fused-ring (bicyclic) bond motifs is 1. The average Bonchev–Trinajstić information content (AvgIpc) is 3.06. The molecule has 6 rings (SSSR count). The molecule has 1 aliphatic rings. The number of anilines is 2. The highest BCUT2D eigenvalue weighted by Crippen LogP contribution is 2.38. The summed E-state index contributed by atoms with van der Waals surface area (Å²) in [6, 6.07) is 23.1. The zero-order valence-corrected chi connectivity index (χ0v) is 29.3. The van der Waals surface area contributed by atoms with E-state index in [-0.39, 0.29) is 33.4 Å². The first kappa shape index (κ1) is 34.9. The van der Waals surface area contributed by atoms with E-state index in [2.05, 4.69) is 20.3 Å². The van der Waals surface area contributed by atoms with Crippen molar-refractivity contribution in [3.63, 3.8) is 0 Å². The van der Waals surface area contributed by atoms with Crippen LogP contribution in [0.1, 0.15) is 46.5 Å². The number of hydrogen-bond donors (Lipinski definition) is 3. The lowest BCUT2D eigenvalue weighted by Gasteiger charge is -2.30. The van der Waals surface area contributed by atoms with E-state index in [9.17, 15) is 13.2 Å². The SMILES string of the molecule is CC(C)(C)OC(=O)NC1CCC(Nc2nccc(-c3cc4ccccc4cc3Oc3ccc(S(=O)(=O)Nc4ccccc4Cl)cc3F)n2)CC1. The molecule has 0 radical (unpaired) electrons. The van der Waals surface area contributed by atoms with Crippen LogP contribution in [-0.2, 0) is 14.8 Å². The van der Waals surface area contributed by atoms with E-state index in [1.54, 1.807) is 36.5 Å². The van der Waals surface area contributed by atoms with Crippen molar-refractivity contribution in [3.05, 3.63) is 102 Å². The molecule has 4 aromatic carbocycles. The number of aromatic nitrogens is 2. The zero-order valence-electron chi connectivity index (χ0n) is 27.7. The Hall–Kier alpha value is -4.94. The summed E-state index contributed by atoms with van der Waals surface area (Å²) < 4.78 is 55.5. The molecule has 0 aliphatic heterocycles. The van der Waals surface area contributed by atoms with E-state index in [4.69, 9.17) is 26.1 Å². The summed E-state index contributed by atoms with van der Waals surface area (Å²) in [5.74, 6) is -0.280. The number of halogens is 2. The number of alkyl carbamates (subject to hydrolysis) is 1. The van der Waals surface area contributed by atoms with Gasteiger partial charge in [0.25, 0.3) is 10.0 Å². The molecular formula is C37H37ClFN5O5S. The second-order valence-electron chi connectivity index (χ2n) is 13.1. The quantitative estimate of drug-likeness (QED) is 0.138. The third-order valence-corrected chi connectivity index (χ3v) is 9.81. The molecule has 1 aliphatic carbocycles. The highest BCUT2D eigenvalue weighted by molar-refractivity contribution is 7.92. The Bertz CT molecular complexity index is 2140. The molecule has 1 heterocycles. The summed E-state index contributed by atoms with van der Waals surface area (Å²) in [7, 11) is -4.14. The van der Waals surface area contributed by atoms with Gasteiger partial charge in [-0.05, 0) is 106 Å². The van der Waals surface area contributed by atoms with Gasteiger partial charge in [-0.15, -0.1) is 0 Å².